The van der Waals surface area contributed by atoms with Crippen LogP contribution >= 0.6 is 18.6 Å². The fraction of sp³-hybridized carbons (Fsp3) is 0. The molecule has 0 aliphatic rings. The molecule has 100 valence electrons. The largest absolute Gasteiger partial charge is 0.329 e. The molecule has 1 aromatic heterocycles. The average Bonchev–Trinajstić information content (AvgIpc) is 3.04. The smallest absolute Gasteiger partial charge is 0.236 e. The highest BCUT2D eigenvalue weighted by molar-refractivity contribution is 7.84. The molecule has 0 spiro atoms. The van der Waals surface area contributed by atoms with Crippen molar-refractivity contribution in [2.75, 3.05) is 5.09 Å². The third kappa shape index (κ3) is 2.55. The van der Waals surface area contributed by atoms with Gasteiger partial charge in [0.2, 0.25) is 7.29 Å². The molecule has 4 heteroatoms. The van der Waals surface area contributed by atoms with Crippen LogP contribution in [0.3, 0.4) is 0 Å². The Morgan fingerprint density at radius 3 is 2.05 bits per heavy atom. The zero-order valence-corrected chi connectivity index (χ0v) is 12.5. The van der Waals surface area contributed by atoms with Gasteiger partial charge in [-0.25, -0.2) is 0 Å². The predicted molar refractivity (Wildman–Crippen MR) is 87.7 cm³/mol. The monoisotopic (exact) mass is 299 g/mol. The Hall–Kier alpha value is -1.83. The van der Waals surface area contributed by atoms with Crippen LogP contribution < -0.4 is 15.0 Å². The van der Waals surface area contributed by atoms with Crippen molar-refractivity contribution >= 4 is 34.2 Å². The van der Waals surface area contributed by atoms with Gasteiger partial charge in [-0.1, -0.05) is 42.5 Å². The van der Waals surface area contributed by atoms with Gasteiger partial charge in [0, 0.05) is 11.0 Å². The molecule has 0 aliphatic heterocycles. The lowest BCUT2D eigenvalue weighted by molar-refractivity contribution is 0.590. The van der Waals surface area contributed by atoms with E-state index >= 15 is 0 Å². The van der Waals surface area contributed by atoms with Gasteiger partial charge in [0.15, 0.2) is 0 Å². The van der Waals surface area contributed by atoms with Gasteiger partial charge in [-0.2, -0.15) is 0 Å². The van der Waals surface area contributed by atoms with E-state index in [-0.39, 0.29) is 0 Å². The first-order valence-corrected chi connectivity index (χ1v) is 8.91. The Morgan fingerprint density at radius 1 is 0.800 bits per heavy atom. The van der Waals surface area contributed by atoms with Crippen molar-refractivity contribution in [1.29, 1.82) is 0 Å². The van der Waals surface area contributed by atoms with Gasteiger partial charge in [0.1, 0.15) is 0 Å². The Labute approximate surface area is 122 Å². The van der Waals surface area contributed by atoms with Crippen molar-refractivity contribution in [3.63, 3.8) is 0 Å². The molecule has 0 amide bonds. The molecule has 3 rings (SSSR count). The van der Waals surface area contributed by atoms with E-state index in [1.165, 1.54) is 11.3 Å². The quantitative estimate of drug-likeness (QED) is 0.735. The van der Waals surface area contributed by atoms with Crippen molar-refractivity contribution in [3.8, 4) is 0 Å². The van der Waals surface area contributed by atoms with Crippen LogP contribution in [-0.2, 0) is 4.57 Å². The standard InChI is InChI=1S/C16H14NOPS/c18-19(16-12-7-13-20-16,15-10-5-2-6-11-15)17-14-8-3-1-4-9-14/h1-13H,(H,17,18). The van der Waals surface area contributed by atoms with Crippen molar-refractivity contribution in [3.05, 3.63) is 78.2 Å². The molecule has 1 heterocycles. The number of anilines is 1. The van der Waals surface area contributed by atoms with Crippen molar-refractivity contribution < 1.29 is 4.57 Å². The van der Waals surface area contributed by atoms with E-state index in [0.29, 0.717) is 0 Å². The summed E-state index contributed by atoms with van der Waals surface area (Å²) in [5, 5.41) is 6.02. The molecule has 1 N–H and O–H groups in total. The van der Waals surface area contributed by atoms with Crippen LogP contribution in [0.4, 0.5) is 5.69 Å². The summed E-state index contributed by atoms with van der Waals surface area (Å²) in [5.41, 5.74) is 0.869. The summed E-state index contributed by atoms with van der Waals surface area (Å²) in [5.74, 6) is 0. The minimum Gasteiger partial charge on any atom is -0.329 e. The maximum atomic E-state index is 13.5. The Balaban J connectivity index is 2.08. The van der Waals surface area contributed by atoms with E-state index in [4.69, 9.17) is 0 Å². The molecule has 2 aromatic carbocycles. The first-order valence-electron chi connectivity index (χ1n) is 6.32. The number of para-hydroxylation sites is 1. The van der Waals surface area contributed by atoms with E-state index in [1.54, 1.807) is 0 Å². The van der Waals surface area contributed by atoms with E-state index in [2.05, 4.69) is 5.09 Å². The lowest BCUT2D eigenvalue weighted by atomic mass is 10.3. The SMILES string of the molecule is O=P(Nc1ccccc1)(c1ccccc1)c1cccs1. The first-order chi connectivity index (χ1) is 9.79. The zero-order valence-electron chi connectivity index (χ0n) is 10.8. The van der Waals surface area contributed by atoms with Crippen LogP contribution in [0.5, 0.6) is 0 Å². The fourth-order valence-electron chi connectivity index (χ4n) is 2.03. The van der Waals surface area contributed by atoms with Crippen LogP contribution in [0.25, 0.3) is 0 Å². The summed E-state index contributed by atoms with van der Waals surface area (Å²) in [7, 11) is -2.83. The lowest BCUT2D eigenvalue weighted by Crippen LogP contribution is -2.19. The molecule has 0 bridgehead atoms. The minimum absolute atomic E-state index is 0.825. The third-order valence-corrected chi connectivity index (χ3v) is 7.12. The number of nitrogens with one attached hydrogen (secondary N) is 1. The molecule has 2 nitrogen and oxygen atoms in total. The van der Waals surface area contributed by atoms with Crippen molar-refractivity contribution in [2.45, 2.75) is 0 Å². The second-order valence-electron chi connectivity index (χ2n) is 4.37. The summed E-state index contributed by atoms with van der Waals surface area (Å²) in [6, 6.07) is 23.1. The highest BCUT2D eigenvalue weighted by Gasteiger charge is 2.28. The second-order valence-corrected chi connectivity index (χ2v) is 8.06. The number of thiophene rings is 1. The number of hydrogen-bond acceptors (Lipinski definition) is 2. The molecule has 0 aliphatic carbocycles. The van der Waals surface area contributed by atoms with Crippen LogP contribution in [0, 0.1) is 0 Å². The molecule has 0 saturated heterocycles. The molecular weight excluding hydrogens is 285 g/mol. The van der Waals surface area contributed by atoms with Crippen LogP contribution in [0.1, 0.15) is 0 Å². The van der Waals surface area contributed by atoms with E-state index in [0.717, 1.165) is 15.6 Å². The second kappa shape index (κ2) is 5.66. The van der Waals surface area contributed by atoms with E-state index < -0.39 is 7.29 Å². The maximum absolute atomic E-state index is 13.5. The van der Waals surface area contributed by atoms with Crippen molar-refractivity contribution in [2.24, 2.45) is 0 Å². The molecular formula is C16H14NOPS. The van der Waals surface area contributed by atoms with Crippen LogP contribution in [0.15, 0.2) is 78.2 Å². The number of rotatable bonds is 4. The molecule has 0 saturated carbocycles. The van der Waals surface area contributed by atoms with Gasteiger partial charge in [-0.15, -0.1) is 11.3 Å². The number of hydrogen-bond donors (Lipinski definition) is 1. The van der Waals surface area contributed by atoms with Crippen LogP contribution in [0.2, 0.25) is 0 Å². The van der Waals surface area contributed by atoms with Crippen LogP contribution in [-0.4, -0.2) is 0 Å². The minimum atomic E-state index is -2.83. The maximum Gasteiger partial charge on any atom is 0.236 e. The highest BCUT2D eigenvalue weighted by atomic mass is 32.1. The molecule has 0 fully saturated rings. The summed E-state index contributed by atoms with van der Waals surface area (Å²) >= 11 is 1.52. The fourth-order valence-corrected chi connectivity index (χ4v) is 5.61. The molecule has 1 unspecified atom stereocenters. The predicted octanol–water partition coefficient (Wildman–Crippen LogP) is 4.09. The van der Waals surface area contributed by atoms with E-state index in [1.807, 2.05) is 78.2 Å². The number of benzene rings is 2. The first kappa shape index (κ1) is 13.2. The zero-order chi connectivity index (χ0) is 13.8. The normalized spacial score (nSPS) is 13.6. The Bertz CT molecular complexity index is 711. The highest BCUT2D eigenvalue weighted by Crippen LogP contribution is 2.44. The average molecular weight is 299 g/mol. The summed E-state index contributed by atoms with van der Waals surface area (Å²) < 4.78 is 14.4. The van der Waals surface area contributed by atoms with Gasteiger partial charge < -0.3 is 5.09 Å². The lowest BCUT2D eigenvalue weighted by Gasteiger charge is -2.19. The van der Waals surface area contributed by atoms with Gasteiger partial charge in [0.25, 0.3) is 0 Å². The molecule has 1 atom stereocenters. The Kier molecular flexibility index (Phi) is 3.72. The Morgan fingerprint density at radius 2 is 1.45 bits per heavy atom. The van der Waals surface area contributed by atoms with Gasteiger partial charge >= 0.3 is 0 Å². The van der Waals surface area contributed by atoms with Gasteiger partial charge in [-0.05, 0) is 35.7 Å². The third-order valence-electron chi connectivity index (χ3n) is 3.00. The topological polar surface area (TPSA) is 29.1 Å². The van der Waals surface area contributed by atoms with Gasteiger partial charge in [0.05, 0.1) is 4.62 Å². The van der Waals surface area contributed by atoms with Gasteiger partial charge in [-0.3, -0.25) is 4.57 Å². The molecule has 0 radical (unpaired) electrons. The molecule has 20 heavy (non-hydrogen) atoms. The summed E-state index contributed by atoms with van der Waals surface area (Å²) in [6.45, 7) is 0. The summed E-state index contributed by atoms with van der Waals surface area (Å²) in [6.07, 6.45) is 0. The molecule has 3 aromatic rings. The van der Waals surface area contributed by atoms with E-state index in [9.17, 15) is 4.57 Å². The van der Waals surface area contributed by atoms with Crippen molar-refractivity contribution in [1.82, 2.24) is 0 Å². The summed E-state index contributed by atoms with van der Waals surface area (Å²) in [4.78, 5) is 0.